The lowest BCUT2D eigenvalue weighted by Crippen LogP contribution is -2.39. The van der Waals surface area contributed by atoms with Crippen LogP contribution in [-0.4, -0.2) is 18.5 Å². The molecule has 2 aliphatic carbocycles. The Morgan fingerprint density at radius 2 is 2.10 bits per heavy atom. The Bertz CT molecular complexity index is 536. The highest BCUT2D eigenvalue weighted by atomic mass is 35.5. The second-order valence-corrected chi connectivity index (χ2v) is 5.86. The Labute approximate surface area is 128 Å². The first kappa shape index (κ1) is 16.2. The van der Waals surface area contributed by atoms with Crippen LogP contribution in [0.1, 0.15) is 30.7 Å². The third-order valence-electron chi connectivity index (χ3n) is 4.23. The van der Waals surface area contributed by atoms with Gasteiger partial charge >= 0.3 is 0 Å². The van der Waals surface area contributed by atoms with Crippen molar-refractivity contribution in [2.75, 3.05) is 6.54 Å². The van der Waals surface area contributed by atoms with Crippen molar-refractivity contribution in [1.82, 2.24) is 5.32 Å². The molecule has 0 aliphatic heterocycles. The van der Waals surface area contributed by atoms with Crippen molar-refractivity contribution in [3.05, 3.63) is 35.4 Å². The summed E-state index contributed by atoms with van der Waals surface area (Å²) >= 11 is 0. The van der Waals surface area contributed by atoms with Crippen molar-refractivity contribution in [2.24, 2.45) is 17.6 Å². The summed E-state index contributed by atoms with van der Waals surface area (Å²) in [4.78, 5) is 12.0. The average Bonchev–Trinajstić information content (AvgIpc) is 3.26. The van der Waals surface area contributed by atoms with Gasteiger partial charge in [-0.2, -0.15) is 0 Å². The van der Waals surface area contributed by atoms with Gasteiger partial charge in [-0.05, 0) is 42.7 Å². The first-order chi connectivity index (χ1) is 9.56. The van der Waals surface area contributed by atoms with Crippen LogP contribution in [0.4, 0.5) is 8.78 Å². The second-order valence-electron chi connectivity index (χ2n) is 5.86. The van der Waals surface area contributed by atoms with Crippen molar-refractivity contribution >= 4 is 18.3 Å². The number of halogens is 3. The van der Waals surface area contributed by atoms with E-state index in [-0.39, 0.29) is 36.2 Å². The number of nitrogens with one attached hydrogen (secondary N) is 1. The third-order valence-corrected chi connectivity index (χ3v) is 4.23. The number of rotatable bonds is 5. The van der Waals surface area contributed by atoms with Gasteiger partial charge in [0.1, 0.15) is 11.6 Å². The van der Waals surface area contributed by atoms with Crippen molar-refractivity contribution < 1.29 is 13.6 Å². The van der Waals surface area contributed by atoms with Gasteiger partial charge in [0, 0.05) is 24.6 Å². The normalized spacial score (nSPS) is 24.9. The number of nitrogens with two attached hydrogens (primary N) is 1. The van der Waals surface area contributed by atoms with Crippen LogP contribution in [0.5, 0.6) is 0 Å². The Morgan fingerprint density at radius 3 is 2.71 bits per heavy atom. The highest BCUT2D eigenvalue weighted by molar-refractivity contribution is 5.85. The van der Waals surface area contributed by atoms with Crippen molar-refractivity contribution in [3.63, 3.8) is 0 Å². The maximum atomic E-state index is 13.6. The lowest BCUT2D eigenvalue weighted by atomic mass is 10.1. The molecule has 21 heavy (non-hydrogen) atoms. The predicted octanol–water partition coefficient (Wildman–Crippen LogP) is 2.34. The van der Waals surface area contributed by atoms with Gasteiger partial charge in [0.05, 0.1) is 0 Å². The lowest BCUT2D eigenvalue weighted by Gasteiger charge is -2.11. The Kier molecular flexibility index (Phi) is 4.84. The van der Waals surface area contributed by atoms with E-state index in [0.29, 0.717) is 24.4 Å². The molecule has 0 spiro atoms. The van der Waals surface area contributed by atoms with Crippen molar-refractivity contribution in [1.29, 1.82) is 0 Å². The molecule has 3 unspecified atom stereocenters. The molecule has 0 aromatic heterocycles. The van der Waals surface area contributed by atoms with Crippen LogP contribution in [0.2, 0.25) is 0 Å². The van der Waals surface area contributed by atoms with Crippen LogP contribution < -0.4 is 11.1 Å². The molecule has 0 saturated heterocycles. The molecule has 0 heterocycles. The van der Waals surface area contributed by atoms with Crippen molar-refractivity contribution in [2.45, 2.75) is 31.2 Å². The van der Waals surface area contributed by atoms with E-state index in [9.17, 15) is 13.6 Å². The third kappa shape index (κ3) is 3.71. The average molecular weight is 317 g/mol. The van der Waals surface area contributed by atoms with Gasteiger partial charge in [0.25, 0.3) is 0 Å². The highest BCUT2D eigenvalue weighted by Gasteiger charge is 2.45. The summed E-state index contributed by atoms with van der Waals surface area (Å²) < 4.78 is 26.5. The van der Waals surface area contributed by atoms with Gasteiger partial charge in [-0.3, -0.25) is 4.79 Å². The minimum Gasteiger partial charge on any atom is -0.354 e. The fourth-order valence-electron chi connectivity index (χ4n) is 2.67. The molecular weight excluding hydrogens is 298 g/mol. The zero-order valence-electron chi connectivity index (χ0n) is 11.5. The van der Waals surface area contributed by atoms with E-state index in [1.807, 2.05) is 0 Å². The van der Waals surface area contributed by atoms with Gasteiger partial charge in [0.15, 0.2) is 0 Å². The Morgan fingerprint density at radius 1 is 1.38 bits per heavy atom. The fraction of sp³-hybridized carbons (Fsp3) is 0.533. The van der Waals surface area contributed by atoms with E-state index in [4.69, 9.17) is 5.73 Å². The largest absolute Gasteiger partial charge is 0.354 e. The summed E-state index contributed by atoms with van der Waals surface area (Å²) in [5.41, 5.74) is 6.35. The summed E-state index contributed by atoms with van der Waals surface area (Å²) in [7, 11) is 0. The summed E-state index contributed by atoms with van der Waals surface area (Å²) in [5.74, 6) is -1.04. The number of carbonyl (C=O) groups excluding carboxylic acids is 1. The standard InChI is InChI=1S/C15H18F2N2O.ClH/c16-9-3-4-10(13(17)5-9)11-6-12(11)15(20)19-7-14(18)8-1-2-8;/h3-5,8,11-12,14H,1-2,6-7,18H2,(H,19,20);1H. The monoisotopic (exact) mass is 316 g/mol. The highest BCUT2D eigenvalue weighted by Crippen LogP contribution is 2.48. The maximum Gasteiger partial charge on any atom is 0.223 e. The molecule has 6 heteroatoms. The summed E-state index contributed by atoms with van der Waals surface area (Å²) in [6, 6.07) is 3.55. The molecule has 3 N–H and O–H groups in total. The number of benzene rings is 1. The lowest BCUT2D eigenvalue weighted by molar-refractivity contribution is -0.122. The summed E-state index contributed by atoms with van der Waals surface area (Å²) in [6.45, 7) is 0.485. The zero-order valence-corrected chi connectivity index (χ0v) is 12.3. The minimum absolute atomic E-state index is 0. The zero-order chi connectivity index (χ0) is 14.3. The first-order valence-electron chi connectivity index (χ1n) is 7.04. The number of hydrogen-bond acceptors (Lipinski definition) is 2. The van der Waals surface area contributed by atoms with E-state index in [0.717, 1.165) is 18.9 Å². The molecule has 3 atom stereocenters. The smallest absolute Gasteiger partial charge is 0.223 e. The summed E-state index contributed by atoms with van der Waals surface area (Å²) in [5, 5.41) is 2.84. The van der Waals surface area contributed by atoms with Crippen LogP contribution >= 0.6 is 12.4 Å². The van der Waals surface area contributed by atoms with Crippen LogP contribution in [0.3, 0.4) is 0 Å². The van der Waals surface area contributed by atoms with E-state index < -0.39 is 11.6 Å². The second kappa shape index (κ2) is 6.28. The van der Waals surface area contributed by atoms with Crippen LogP contribution in [0, 0.1) is 23.5 Å². The topological polar surface area (TPSA) is 55.1 Å². The van der Waals surface area contributed by atoms with E-state index in [1.165, 1.54) is 12.1 Å². The molecule has 1 aromatic rings. The van der Waals surface area contributed by atoms with Gasteiger partial charge in [0.2, 0.25) is 5.91 Å². The van der Waals surface area contributed by atoms with Crippen LogP contribution in [0.25, 0.3) is 0 Å². The van der Waals surface area contributed by atoms with E-state index in [2.05, 4.69) is 5.32 Å². The summed E-state index contributed by atoms with van der Waals surface area (Å²) in [6.07, 6.45) is 2.90. The molecular formula is C15H19ClF2N2O. The van der Waals surface area contributed by atoms with Crippen molar-refractivity contribution in [3.8, 4) is 0 Å². The predicted molar refractivity (Wildman–Crippen MR) is 78.2 cm³/mol. The van der Waals surface area contributed by atoms with Crippen LogP contribution in [-0.2, 0) is 4.79 Å². The minimum atomic E-state index is -0.594. The molecule has 116 valence electrons. The molecule has 0 bridgehead atoms. The molecule has 3 nitrogen and oxygen atoms in total. The van der Waals surface area contributed by atoms with E-state index in [1.54, 1.807) is 0 Å². The van der Waals surface area contributed by atoms with E-state index >= 15 is 0 Å². The molecule has 2 aliphatic rings. The number of amides is 1. The molecule has 2 saturated carbocycles. The Balaban J connectivity index is 0.00000161. The SMILES string of the molecule is Cl.NC(CNC(=O)C1CC1c1ccc(F)cc1F)C1CC1. The maximum absolute atomic E-state index is 13.6. The molecule has 2 fully saturated rings. The Hall–Kier alpha value is -1.20. The molecule has 1 aromatic carbocycles. The van der Waals surface area contributed by atoms with Gasteiger partial charge in [-0.25, -0.2) is 8.78 Å². The molecule has 1 amide bonds. The quantitative estimate of drug-likeness (QED) is 0.876. The number of hydrogen-bond donors (Lipinski definition) is 2. The van der Waals surface area contributed by atoms with Gasteiger partial charge in [-0.1, -0.05) is 6.07 Å². The van der Waals surface area contributed by atoms with Gasteiger partial charge in [-0.15, -0.1) is 12.4 Å². The molecule has 0 radical (unpaired) electrons. The number of carbonyl (C=O) groups is 1. The first-order valence-corrected chi connectivity index (χ1v) is 7.04. The molecule has 3 rings (SSSR count). The fourth-order valence-corrected chi connectivity index (χ4v) is 2.67. The van der Waals surface area contributed by atoms with Gasteiger partial charge < -0.3 is 11.1 Å². The van der Waals surface area contributed by atoms with Crippen LogP contribution in [0.15, 0.2) is 18.2 Å².